The zero-order chi connectivity index (χ0) is 23.5. The van der Waals surface area contributed by atoms with E-state index in [2.05, 4.69) is 29.9 Å². The quantitative estimate of drug-likeness (QED) is 0.188. The Morgan fingerprint density at radius 2 is 1.61 bits per heavy atom. The molecular formula is C28H31N3O2. The van der Waals surface area contributed by atoms with Crippen LogP contribution in [0.2, 0.25) is 0 Å². The number of nitrogens with zero attached hydrogens (tertiary/aromatic N) is 3. The molecule has 0 radical (unpaired) electrons. The number of nitriles is 1. The number of rotatable bonds is 11. The highest BCUT2D eigenvalue weighted by atomic mass is 16.5. The number of esters is 1. The Balaban J connectivity index is 1.61. The van der Waals surface area contributed by atoms with E-state index in [1.54, 1.807) is 24.3 Å². The van der Waals surface area contributed by atoms with Crippen molar-refractivity contribution in [2.24, 2.45) is 0 Å². The molecule has 5 nitrogen and oxygen atoms in total. The summed E-state index contributed by atoms with van der Waals surface area (Å²) in [6.07, 6.45) is 12.9. The summed E-state index contributed by atoms with van der Waals surface area (Å²) in [6, 6.07) is 14.5. The summed E-state index contributed by atoms with van der Waals surface area (Å²) in [4.78, 5) is 21.6. The predicted octanol–water partition coefficient (Wildman–Crippen LogP) is 6.70. The lowest BCUT2D eigenvalue weighted by Crippen LogP contribution is -2.09. The van der Waals surface area contributed by atoms with Crippen LogP contribution in [-0.2, 0) is 12.8 Å². The van der Waals surface area contributed by atoms with Gasteiger partial charge >= 0.3 is 5.97 Å². The number of carbonyl (C=O) groups excluding carboxylic acids is 1. The number of benzene rings is 2. The Hall–Kier alpha value is -3.52. The minimum absolute atomic E-state index is 0.278. The summed E-state index contributed by atoms with van der Waals surface area (Å²) in [7, 11) is 0. The van der Waals surface area contributed by atoms with Crippen molar-refractivity contribution in [2.45, 2.75) is 65.2 Å². The molecule has 0 bridgehead atoms. The van der Waals surface area contributed by atoms with Gasteiger partial charge in [-0.1, -0.05) is 64.2 Å². The lowest BCUT2D eigenvalue weighted by molar-refractivity contribution is 0.0734. The van der Waals surface area contributed by atoms with Gasteiger partial charge in [-0.05, 0) is 54.7 Å². The fourth-order valence-electron chi connectivity index (χ4n) is 3.68. The molecule has 0 amide bonds. The van der Waals surface area contributed by atoms with E-state index >= 15 is 0 Å². The van der Waals surface area contributed by atoms with Crippen LogP contribution in [0.15, 0.2) is 54.9 Å². The van der Waals surface area contributed by atoms with Gasteiger partial charge in [0, 0.05) is 18.0 Å². The van der Waals surface area contributed by atoms with E-state index in [0.717, 1.165) is 42.4 Å². The first-order chi connectivity index (χ1) is 16.1. The van der Waals surface area contributed by atoms with Gasteiger partial charge in [0.15, 0.2) is 5.82 Å². The first kappa shape index (κ1) is 24.1. The third-order valence-corrected chi connectivity index (χ3v) is 5.56. The maximum absolute atomic E-state index is 12.6. The number of aryl methyl sites for hydroxylation is 2. The zero-order valence-electron chi connectivity index (χ0n) is 19.5. The molecule has 0 fully saturated rings. The minimum Gasteiger partial charge on any atom is -0.422 e. The van der Waals surface area contributed by atoms with E-state index in [4.69, 9.17) is 4.74 Å². The van der Waals surface area contributed by atoms with E-state index in [1.165, 1.54) is 25.7 Å². The average molecular weight is 442 g/mol. The first-order valence-electron chi connectivity index (χ1n) is 11.8. The van der Waals surface area contributed by atoms with Gasteiger partial charge in [0.05, 0.1) is 11.1 Å². The average Bonchev–Trinajstić information content (AvgIpc) is 2.85. The highest BCUT2D eigenvalue weighted by Gasteiger charge is 2.13. The number of hydrogen-bond acceptors (Lipinski definition) is 5. The molecular weight excluding hydrogens is 410 g/mol. The fraction of sp³-hybridized carbons (Fsp3) is 0.357. The van der Waals surface area contributed by atoms with Crippen molar-refractivity contribution >= 4 is 5.97 Å². The molecule has 0 saturated carbocycles. The number of hydrogen-bond donors (Lipinski definition) is 0. The fourth-order valence-corrected chi connectivity index (χ4v) is 3.68. The second-order valence-electron chi connectivity index (χ2n) is 8.24. The third kappa shape index (κ3) is 6.98. The molecule has 5 heteroatoms. The summed E-state index contributed by atoms with van der Waals surface area (Å²) in [5, 5.41) is 9.40. The standard InChI is InChI=1S/C28H31N3O2/c1-3-5-6-7-8-10-22-19-30-27(31-20-22)23-12-14-24(15-13-23)28(32)33-26-16-11-21(9-4-2)17-25(26)18-29/h11-17,19-20H,3-10H2,1-2H3. The first-order valence-corrected chi connectivity index (χ1v) is 11.8. The topological polar surface area (TPSA) is 75.9 Å². The van der Waals surface area contributed by atoms with Crippen LogP contribution in [0.3, 0.4) is 0 Å². The molecule has 33 heavy (non-hydrogen) atoms. The van der Waals surface area contributed by atoms with Crippen molar-refractivity contribution in [3.8, 4) is 23.2 Å². The van der Waals surface area contributed by atoms with Crippen LogP contribution in [0.4, 0.5) is 0 Å². The van der Waals surface area contributed by atoms with Crippen LogP contribution < -0.4 is 4.74 Å². The van der Waals surface area contributed by atoms with Gasteiger partial charge in [-0.3, -0.25) is 0 Å². The Kier molecular flexibility index (Phi) is 9.14. The summed E-state index contributed by atoms with van der Waals surface area (Å²) >= 11 is 0. The van der Waals surface area contributed by atoms with Crippen molar-refractivity contribution < 1.29 is 9.53 Å². The lowest BCUT2D eigenvalue weighted by Gasteiger charge is -2.08. The van der Waals surface area contributed by atoms with Crippen LogP contribution >= 0.6 is 0 Å². The molecule has 0 saturated heterocycles. The van der Waals surface area contributed by atoms with Gasteiger partial charge in [0.25, 0.3) is 0 Å². The van der Waals surface area contributed by atoms with Crippen molar-refractivity contribution in [1.29, 1.82) is 5.26 Å². The summed E-state index contributed by atoms with van der Waals surface area (Å²) in [5.41, 5.74) is 3.81. The highest BCUT2D eigenvalue weighted by Crippen LogP contribution is 2.22. The number of ether oxygens (including phenoxy) is 1. The van der Waals surface area contributed by atoms with Gasteiger partial charge in [0.1, 0.15) is 11.8 Å². The number of aromatic nitrogens is 2. The normalized spacial score (nSPS) is 10.6. The Bertz CT molecular complexity index is 1080. The second kappa shape index (κ2) is 12.5. The Labute approximate surface area is 196 Å². The molecule has 0 aliphatic rings. The maximum Gasteiger partial charge on any atom is 0.343 e. The maximum atomic E-state index is 12.6. The van der Waals surface area contributed by atoms with Crippen molar-refractivity contribution in [3.05, 3.63) is 77.1 Å². The smallest absolute Gasteiger partial charge is 0.343 e. The molecule has 2 aromatic carbocycles. The molecule has 0 atom stereocenters. The van der Waals surface area contributed by atoms with Crippen LogP contribution in [0.25, 0.3) is 11.4 Å². The summed E-state index contributed by atoms with van der Waals surface area (Å²) < 4.78 is 5.49. The van der Waals surface area contributed by atoms with Gasteiger partial charge in [-0.25, -0.2) is 14.8 Å². The Morgan fingerprint density at radius 3 is 2.27 bits per heavy atom. The van der Waals surface area contributed by atoms with E-state index in [-0.39, 0.29) is 5.75 Å². The molecule has 0 N–H and O–H groups in total. The predicted molar refractivity (Wildman–Crippen MR) is 130 cm³/mol. The number of unbranched alkanes of at least 4 members (excludes halogenated alkanes) is 4. The molecule has 3 rings (SSSR count). The molecule has 1 aromatic heterocycles. The summed E-state index contributed by atoms with van der Waals surface area (Å²) in [6.45, 7) is 4.30. The highest BCUT2D eigenvalue weighted by molar-refractivity contribution is 5.91. The second-order valence-corrected chi connectivity index (χ2v) is 8.24. The molecule has 3 aromatic rings. The molecule has 0 unspecified atom stereocenters. The molecule has 0 aliphatic carbocycles. The van der Waals surface area contributed by atoms with Crippen molar-refractivity contribution in [3.63, 3.8) is 0 Å². The largest absolute Gasteiger partial charge is 0.422 e. The van der Waals surface area contributed by atoms with E-state index in [1.807, 2.05) is 30.6 Å². The molecule has 1 heterocycles. The van der Waals surface area contributed by atoms with Crippen molar-refractivity contribution in [2.75, 3.05) is 0 Å². The molecule has 0 aliphatic heterocycles. The SMILES string of the molecule is CCCCCCCc1cnc(-c2ccc(C(=O)Oc3ccc(CCC)cc3C#N)cc2)nc1. The lowest BCUT2D eigenvalue weighted by atomic mass is 10.1. The Morgan fingerprint density at radius 1 is 0.879 bits per heavy atom. The van der Waals surface area contributed by atoms with E-state index in [9.17, 15) is 10.1 Å². The van der Waals surface area contributed by atoms with E-state index < -0.39 is 5.97 Å². The third-order valence-electron chi connectivity index (χ3n) is 5.56. The van der Waals surface area contributed by atoms with Crippen LogP contribution in [0.5, 0.6) is 5.75 Å². The number of carbonyl (C=O) groups is 1. The zero-order valence-corrected chi connectivity index (χ0v) is 19.5. The molecule has 170 valence electrons. The molecule has 0 spiro atoms. The minimum atomic E-state index is -0.499. The van der Waals surface area contributed by atoms with E-state index in [0.29, 0.717) is 17.0 Å². The van der Waals surface area contributed by atoms with Gasteiger partial charge in [-0.15, -0.1) is 0 Å². The van der Waals surface area contributed by atoms with Crippen LogP contribution in [-0.4, -0.2) is 15.9 Å². The monoisotopic (exact) mass is 441 g/mol. The van der Waals surface area contributed by atoms with Gasteiger partial charge < -0.3 is 4.74 Å². The van der Waals surface area contributed by atoms with Gasteiger partial charge in [-0.2, -0.15) is 5.26 Å². The van der Waals surface area contributed by atoms with Gasteiger partial charge in [0.2, 0.25) is 0 Å². The van der Waals surface area contributed by atoms with Crippen LogP contribution in [0.1, 0.15) is 79.4 Å². The summed E-state index contributed by atoms with van der Waals surface area (Å²) in [5.74, 6) is 0.406. The van der Waals surface area contributed by atoms with Crippen LogP contribution in [0, 0.1) is 11.3 Å². The van der Waals surface area contributed by atoms with Crippen molar-refractivity contribution in [1.82, 2.24) is 9.97 Å².